The zero-order chi connectivity index (χ0) is 10.6. The summed E-state index contributed by atoms with van der Waals surface area (Å²) >= 11 is 0. The molecule has 15 heavy (non-hydrogen) atoms. The third-order valence-electron chi connectivity index (χ3n) is 3.49. The number of fused-ring (bicyclic) bond motifs is 1. The second-order valence-corrected chi connectivity index (χ2v) is 5.85. The molecule has 1 N–H and O–H groups in total. The number of hydrogen-bond donors (Lipinski definition) is 1. The molecule has 0 unspecified atom stereocenters. The van der Waals surface area contributed by atoms with Crippen LogP contribution in [0.4, 0.5) is 0 Å². The van der Waals surface area contributed by atoms with E-state index in [4.69, 9.17) is 4.98 Å². The van der Waals surface area contributed by atoms with Crippen molar-refractivity contribution in [2.45, 2.75) is 58.2 Å². The number of nitrogens with one attached hydrogen (secondary N) is 1. The predicted octanol–water partition coefficient (Wildman–Crippen LogP) is 2.40. The van der Waals surface area contributed by atoms with E-state index in [0.717, 1.165) is 19.0 Å². The third kappa shape index (κ3) is 1.59. The minimum absolute atomic E-state index is 0.251. The number of rotatable bonds is 1. The van der Waals surface area contributed by atoms with E-state index in [2.05, 4.69) is 30.7 Å². The van der Waals surface area contributed by atoms with Gasteiger partial charge in [0.05, 0.1) is 11.4 Å². The van der Waals surface area contributed by atoms with Gasteiger partial charge < -0.3 is 4.98 Å². The summed E-state index contributed by atoms with van der Waals surface area (Å²) < 4.78 is 0. The normalized spacial score (nSPS) is 22.1. The fourth-order valence-electron chi connectivity index (χ4n) is 2.18. The summed E-state index contributed by atoms with van der Waals surface area (Å²) in [4.78, 5) is 10.7. The maximum Gasteiger partial charge on any atom is 0.109 e. The van der Waals surface area contributed by atoms with Crippen LogP contribution in [0, 0.1) is 0 Å². The van der Waals surface area contributed by atoms with E-state index >= 15 is 0 Å². The molecular formula is C12H19N3. The third-order valence-corrected chi connectivity index (χ3v) is 3.49. The van der Waals surface area contributed by atoms with Gasteiger partial charge in [-0.1, -0.05) is 0 Å². The molecule has 0 aromatic carbocycles. The first kappa shape index (κ1) is 9.40. The smallest absolute Gasteiger partial charge is 0.109 e. The molecule has 1 aliphatic carbocycles. The lowest BCUT2D eigenvalue weighted by Gasteiger charge is -2.31. The number of imidazole rings is 1. The van der Waals surface area contributed by atoms with Crippen molar-refractivity contribution in [3.05, 3.63) is 17.2 Å². The molecule has 0 atom stereocenters. The van der Waals surface area contributed by atoms with Crippen LogP contribution in [0.1, 0.15) is 56.7 Å². The van der Waals surface area contributed by atoms with Crippen LogP contribution in [-0.4, -0.2) is 20.4 Å². The Labute approximate surface area is 90.9 Å². The average Bonchev–Trinajstić information content (AvgIpc) is 2.74. The highest BCUT2D eigenvalue weighted by Gasteiger charge is 2.33. The van der Waals surface area contributed by atoms with Gasteiger partial charge in [-0.25, -0.2) is 4.98 Å². The minimum Gasteiger partial charge on any atom is -0.344 e. The van der Waals surface area contributed by atoms with Gasteiger partial charge in [0.15, 0.2) is 0 Å². The highest BCUT2D eigenvalue weighted by atomic mass is 15.2. The monoisotopic (exact) mass is 205 g/mol. The van der Waals surface area contributed by atoms with Crippen molar-refractivity contribution >= 4 is 0 Å². The first-order valence-corrected chi connectivity index (χ1v) is 5.87. The quantitative estimate of drug-likeness (QED) is 0.763. The Morgan fingerprint density at radius 2 is 2.00 bits per heavy atom. The van der Waals surface area contributed by atoms with Crippen molar-refractivity contribution in [3.63, 3.8) is 0 Å². The lowest BCUT2D eigenvalue weighted by molar-refractivity contribution is 0.134. The van der Waals surface area contributed by atoms with Gasteiger partial charge in [-0.05, 0) is 33.6 Å². The van der Waals surface area contributed by atoms with Gasteiger partial charge in [0.25, 0.3) is 0 Å². The van der Waals surface area contributed by atoms with E-state index in [1.54, 1.807) is 0 Å². The van der Waals surface area contributed by atoms with Crippen LogP contribution in [0.2, 0.25) is 0 Å². The van der Waals surface area contributed by atoms with Gasteiger partial charge in [-0.15, -0.1) is 0 Å². The zero-order valence-corrected chi connectivity index (χ0v) is 9.80. The lowest BCUT2D eigenvalue weighted by Crippen LogP contribution is -2.37. The Bertz CT molecular complexity index is 359. The molecule has 1 aromatic rings. The molecule has 3 heteroatoms. The number of H-pyrrole nitrogens is 1. The first-order valence-electron chi connectivity index (χ1n) is 5.87. The maximum absolute atomic E-state index is 4.72. The van der Waals surface area contributed by atoms with Gasteiger partial charge >= 0.3 is 0 Å². The van der Waals surface area contributed by atoms with Crippen LogP contribution in [0.3, 0.4) is 0 Å². The van der Waals surface area contributed by atoms with Crippen molar-refractivity contribution in [1.82, 2.24) is 14.9 Å². The molecule has 1 fully saturated rings. The average molecular weight is 205 g/mol. The highest BCUT2D eigenvalue weighted by molar-refractivity contribution is 5.23. The van der Waals surface area contributed by atoms with Crippen molar-refractivity contribution < 1.29 is 0 Å². The second kappa shape index (κ2) is 2.85. The summed E-state index contributed by atoms with van der Waals surface area (Å²) in [5.74, 6) is 1.99. The van der Waals surface area contributed by atoms with E-state index in [9.17, 15) is 0 Å². The van der Waals surface area contributed by atoms with Crippen LogP contribution in [0.5, 0.6) is 0 Å². The summed E-state index contributed by atoms with van der Waals surface area (Å²) in [6.07, 6.45) is 2.66. The van der Waals surface area contributed by atoms with Crippen LogP contribution in [0.25, 0.3) is 0 Å². The number of aromatic nitrogens is 2. The van der Waals surface area contributed by atoms with Crippen LogP contribution >= 0.6 is 0 Å². The molecule has 0 saturated heterocycles. The summed E-state index contributed by atoms with van der Waals surface area (Å²) in [5, 5.41) is 0. The minimum atomic E-state index is 0.251. The molecule has 82 valence electrons. The van der Waals surface area contributed by atoms with Crippen LogP contribution < -0.4 is 0 Å². The van der Waals surface area contributed by atoms with Gasteiger partial charge in [0.2, 0.25) is 0 Å². The van der Waals surface area contributed by atoms with Gasteiger partial charge in [-0.2, -0.15) is 0 Å². The van der Waals surface area contributed by atoms with E-state index in [1.807, 2.05) is 0 Å². The molecule has 0 radical (unpaired) electrons. The molecule has 0 spiro atoms. The molecular weight excluding hydrogens is 186 g/mol. The Kier molecular flexibility index (Phi) is 1.78. The van der Waals surface area contributed by atoms with Crippen LogP contribution in [-0.2, 0) is 13.1 Å². The molecule has 3 nitrogen and oxygen atoms in total. The fourth-order valence-corrected chi connectivity index (χ4v) is 2.18. The fraction of sp³-hybridized carbons (Fsp3) is 0.750. The Morgan fingerprint density at radius 1 is 1.27 bits per heavy atom. The van der Waals surface area contributed by atoms with E-state index < -0.39 is 0 Å². The molecule has 0 amide bonds. The summed E-state index contributed by atoms with van der Waals surface area (Å²) in [7, 11) is 0. The molecule has 1 saturated carbocycles. The van der Waals surface area contributed by atoms with E-state index in [1.165, 1.54) is 30.1 Å². The zero-order valence-electron chi connectivity index (χ0n) is 9.80. The number of hydrogen-bond acceptors (Lipinski definition) is 2. The van der Waals surface area contributed by atoms with Gasteiger partial charge in [0, 0.05) is 24.5 Å². The molecule has 1 aliphatic heterocycles. The Hall–Kier alpha value is -0.830. The van der Waals surface area contributed by atoms with Crippen molar-refractivity contribution in [2.24, 2.45) is 0 Å². The summed E-state index contributed by atoms with van der Waals surface area (Å²) in [6.45, 7) is 8.85. The maximum atomic E-state index is 4.72. The Morgan fingerprint density at radius 3 is 2.53 bits per heavy atom. The molecule has 2 aliphatic rings. The SMILES string of the molecule is CC(C)(C)N1Cc2nc(C3CC3)[nH]c2C1. The topological polar surface area (TPSA) is 31.9 Å². The molecule has 1 aromatic heterocycles. The molecule has 3 rings (SSSR count). The van der Waals surface area contributed by atoms with E-state index in [-0.39, 0.29) is 5.54 Å². The second-order valence-electron chi connectivity index (χ2n) is 5.85. The first-order chi connectivity index (χ1) is 7.04. The van der Waals surface area contributed by atoms with Crippen molar-refractivity contribution in [2.75, 3.05) is 0 Å². The highest BCUT2D eigenvalue weighted by Crippen LogP contribution is 2.40. The molecule has 0 bridgehead atoms. The van der Waals surface area contributed by atoms with Crippen molar-refractivity contribution in [1.29, 1.82) is 0 Å². The Balaban J connectivity index is 1.80. The van der Waals surface area contributed by atoms with Gasteiger partial charge in [0.1, 0.15) is 5.82 Å². The van der Waals surface area contributed by atoms with Crippen molar-refractivity contribution in [3.8, 4) is 0 Å². The van der Waals surface area contributed by atoms with Gasteiger partial charge in [-0.3, -0.25) is 4.90 Å². The summed E-state index contributed by atoms with van der Waals surface area (Å²) in [5.41, 5.74) is 2.89. The predicted molar refractivity (Wildman–Crippen MR) is 59.6 cm³/mol. The van der Waals surface area contributed by atoms with E-state index in [0.29, 0.717) is 0 Å². The number of nitrogens with zero attached hydrogens (tertiary/aromatic N) is 2. The molecule has 2 heterocycles. The summed E-state index contributed by atoms with van der Waals surface area (Å²) in [6, 6.07) is 0. The number of aromatic amines is 1. The van der Waals surface area contributed by atoms with Crippen LogP contribution in [0.15, 0.2) is 0 Å². The standard InChI is InChI=1S/C12H19N3/c1-12(2,3)15-6-9-10(7-15)14-11(13-9)8-4-5-8/h8H,4-7H2,1-3H3,(H,13,14). The lowest BCUT2D eigenvalue weighted by atomic mass is 10.1. The largest absolute Gasteiger partial charge is 0.344 e.